The van der Waals surface area contributed by atoms with Gasteiger partial charge in [0.1, 0.15) is 11.5 Å². The molecule has 0 amide bonds. The van der Waals surface area contributed by atoms with Crippen molar-refractivity contribution in [2.45, 2.75) is 11.4 Å². The van der Waals surface area contributed by atoms with Gasteiger partial charge in [-0.3, -0.25) is 0 Å². The van der Waals surface area contributed by atoms with E-state index >= 15 is 0 Å². The van der Waals surface area contributed by atoms with Crippen LogP contribution in [-0.2, 0) is 21.1 Å². The zero-order valence-electron chi connectivity index (χ0n) is 16.2. The molecular weight excluding hydrogens is 398 g/mol. The number of hydrogen-bond acceptors (Lipinski definition) is 9. The molecule has 0 atom stereocenters. The summed E-state index contributed by atoms with van der Waals surface area (Å²) in [5, 5.41) is 11.0. The van der Waals surface area contributed by atoms with Crippen LogP contribution in [0.15, 0.2) is 51.8 Å². The molecule has 0 saturated heterocycles. The van der Waals surface area contributed by atoms with Crippen molar-refractivity contribution < 1.29 is 27.0 Å². The molecule has 1 N–H and O–H groups in total. The summed E-state index contributed by atoms with van der Waals surface area (Å²) in [4.78, 5) is 0.223. The highest BCUT2D eigenvalue weighted by Crippen LogP contribution is 2.26. The molecule has 0 spiro atoms. The van der Waals surface area contributed by atoms with Gasteiger partial charge in [0, 0.05) is 31.0 Å². The highest BCUT2D eigenvalue weighted by molar-refractivity contribution is 7.90. The molecule has 2 aromatic carbocycles. The Kier molecular flexibility index (Phi) is 6.35. The number of anilines is 1. The van der Waals surface area contributed by atoms with Crippen LogP contribution in [0.1, 0.15) is 5.56 Å². The third kappa shape index (κ3) is 5.24. The van der Waals surface area contributed by atoms with Gasteiger partial charge in [-0.05, 0) is 42.5 Å². The average Bonchev–Trinajstić information content (AvgIpc) is 3.19. The minimum absolute atomic E-state index is 0.119. The third-order valence-corrected chi connectivity index (χ3v) is 5.11. The molecule has 1 heterocycles. The Labute approximate surface area is 168 Å². The summed E-state index contributed by atoms with van der Waals surface area (Å²) in [6, 6.07) is 11.9. The topological polar surface area (TPSA) is 113 Å². The van der Waals surface area contributed by atoms with Crippen molar-refractivity contribution in [3.63, 3.8) is 0 Å². The van der Waals surface area contributed by atoms with Gasteiger partial charge in [0.2, 0.25) is 5.89 Å². The molecule has 1 aromatic heterocycles. The Hall–Kier alpha value is -3.11. The van der Waals surface area contributed by atoms with Crippen LogP contribution in [0.2, 0.25) is 0 Å². The Morgan fingerprint density at radius 2 is 1.83 bits per heavy atom. The SMILES string of the molecule is COCOc1ccc(OC)cc1CNc1nnc(-c2ccc(S(C)(=O)=O)cc2)o1. The zero-order valence-corrected chi connectivity index (χ0v) is 17.0. The van der Waals surface area contributed by atoms with Crippen molar-refractivity contribution >= 4 is 15.9 Å². The summed E-state index contributed by atoms with van der Waals surface area (Å²) in [5.74, 6) is 1.59. The largest absolute Gasteiger partial charge is 0.497 e. The molecular formula is C19H21N3O6S. The summed E-state index contributed by atoms with van der Waals surface area (Å²) in [5.41, 5.74) is 1.43. The van der Waals surface area contributed by atoms with E-state index < -0.39 is 9.84 Å². The van der Waals surface area contributed by atoms with Gasteiger partial charge in [0.05, 0.1) is 12.0 Å². The molecule has 154 valence electrons. The quantitative estimate of drug-likeness (QED) is 0.523. The van der Waals surface area contributed by atoms with Gasteiger partial charge in [-0.1, -0.05) is 5.10 Å². The summed E-state index contributed by atoms with van der Waals surface area (Å²) < 4.78 is 44.5. The minimum Gasteiger partial charge on any atom is -0.497 e. The maximum atomic E-state index is 11.6. The smallest absolute Gasteiger partial charge is 0.316 e. The van der Waals surface area contributed by atoms with Crippen LogP contribution in [0.25, 0.3) is 11.5 Å². The molecule has 0 aliphatic heterocycles. The molecule has 3 rings (SSSR count). The van der Waals surface area contributed by atoms with Gasteiger partial charge >= 0.3 is 6.01 Å². The van der Waals surface area contributed by atoms with Crippen molar-refractivity contribution in [3.05, 3.63) is 48.0 Å². The van der Waals surface area contributed by atoms with Gasteiger partial charge in [0.25, 0.3) is 0 Å². The summed E-state index contributed by atoms with van der Waals surface area (Å²) >= 11 is 0. The van der Waals surface area contributed by atoms with Gasteiger partial charge in [-0.2, -0.15) is 0 Å². The van der Waals surface area contributed by atoms with E-state index in [9.17, 15) is 8.42 Å². The number of ether oxygens (including phenoxy) is 3. The van der Waals surface area contributed by atoms with E-state index in [1.165, 1.54) is 12.1 Å². The first-order chi connectivity index (χ1) is 13.9. The fourth-order valence-electron chi connectivity index (χ4n) is 2.51. The molecule has 3 aromatic rings. The fourth-order valence-corrected chi connectivity index (χ4v) is 3.14. The predicted molar refractivity (Wildman–Crippen MR) is 106 cm³/mol. The highest BCUT2D eigenvalue weighted by Gasteiger charge is 2.12. The molecule has 0 unspecified atom stereocenters. The number of sulfone groups is 1. The van der Waals surface area contributed by atoms with Crippen molar-refractivity contribution in [2.24, 2.45) is 0 Å². The van der Waals surface area contributed by atoms with Crippen LogP contribution >= 0.6 is 0 Å². The number of nitrogens with one attached hydrogen (secondary N) is 1. The van der Waals surface area contributed by atoms with Crippen molar-refractivity contribution in [1.29, 1.82) is 0 Å². The van der Waals surface area contributed by atoms with Crippen LogP contribution in [0.4, 0.5) is 6.01 Å². The zero-order chi connectivity index (χ0) is 20.9. The van der Waals surface area contributed by atoms with Crippen LogP contribution in [0.5, 0.6) is 11.5 Å². The second kappa shape index (κ2) is 8.93. The molecule has 0 radical (unpaired) electrons. The van der Waals surface area contributed by atoms with E-state index in [-0.39, 0.29) is 23.6 Å². The van der Waals surface area contributed by atoms with E-state index in [0.29, 0.717) is 23.6 Å². The number of aromatic nitrogens is 2. The van der Waals surface area contributed by atoms with Crippen molar-refractivity contribution in [3.8, 4) is 23.0 Å². The highest BCUT2D eigenvalue weighted by atomic mass is 32.2. The first-order valence-electron chi connectivity index (χ1n) is 8.57. The normalized spacial score (nSPS) is 11.3. The number of nitrogens with zero attached hydrogens (tertiary/aromatic N) is 2. The molecule has 0 aliphatic rings. The minimum atomic E-state index is -3.26. The maximum absolute atomic E-state index is 11.6. The second-order valence-corrected chi connectivity index (χ2v) is 8.10. The summed E-state index contributed by atoms with van der Waals surface area (Å²) in [6.45, 7) is 0.471. The van der Waals surface area contributed by atoms with E-state index in [0.717, 1.165) is 11.8 Å². The standard InChI is InChI=1S/C19H21N3O6S/c1-25-12-27-17-9-6-15(26-2)10-14(17)11-20-19-22-21-18(28-19)13-4-7-16(8-5-13)29(3,23)24/h4-10H,11-12H2,1-3H3,(H,20,22). The lowest BCUT2D eigenvalue weighted by Crippen LogP contribution is -2.06. The predicted octanol–water partition coefficient (Wildman–Crippen LogP) is 2.74. The first-order valence-corrected chi connectivity index (χ1v) is 10.5. The Bertz CT molecular complexity index is 1060. The fraction of sp³-hybridized carbons (Fsp3) is 0.263. The first kappa shape index (κ1) is 20.6. The lowest BCUT2D eigenvalue weighted by Gasteiger charge is -2.12. The number of methoxy groups -OCH3 is 2. The van der Waals surface area contributed by atoms with Gasteiger partial charge < -0.3 is 23.9 Å². The summed E-state index contributed by atoms with van der Waals surface area (Å²) in [6.07, 6.45) is 1.15. The Morgan fingerprint density at radius 3 is 2.48 bits per heavy atom. The lowest BCUT2D eigenvalue weighted by molar-refractivity contribution is 0.0504. The third-order valence-electron chi connectivity index (χ3n) is 3.98. The van der Waals surface area contributed by atoms with Crippen molar-refractivity contribution in [1.82, 2.24) is 10.2 Å². The number of rotatable bonds is 9. The van der Waals surface area contributed by atoms with Crippen LogP contribution in [0, 0.1) is 0 Å². The monoisotopic (exact) mass is 419 g/mol. The molecule has 0 aliphatic carbocycles. The van der Waals surface area contributed by atoms with Gasteiger partial charge in [0.15, 0.2) is 16.6 Å². The van der Waals surface area contributed by atoms with E-state index in [4.69, 9.17) is 18.6 Å². The number of benzene rings is 2. The maximum Gasteiger partial charge on any atom is 0.316 e. The van der Waals surface area contributed by atoms with Crippen LogP contribution < -0.4 is 14.8 Å². The molecule has 29 heavy (non-hydrogen) atoms. The van der Waals surface area contributed by atoms with Gasteiger partial charge in [-0.25, -0.2) is 8.42 Å². The molecule has 0 fully saturated rings. The Morgan fingerprint density at radius 1 is 1.07 bits per heavy atom. The van der Waals surface area contributed by atoms with E-state index in [1.54, 1.807) is 38.5 Å². The van der Waals surface area contributed by atoms with Crippen molar-refractivity contribution in [2.75, 3.05) is 32.6 Å². The van der Waals surface area contributed by atoms with Crippen LogP contribution in [0.3, 0.4) is 0 Å². The molecule has 9 nitrogen and oxygen atoms in total. The lowest BCUT2D eigenvalue weighted by atomic mass is 10.2. The van der Waals surface area contributed by atoms with Gasteiger partial charge in [-0.15, -0.1) is 5.10 Å². The average molecular weight is 419 g/mol. The van der Waals surface area contributed by atoms with Crippen LogP contribution in [-0.4, -0.2) is 45.9 Å². The Balaban J connectivity index is 1.72. The molecule has 10 heteroatoms. The van der Waals surface area contributed by atoms with E-state index in [1.807, 2.05) is 6.07 Å². The molecule has 0 bridgehead atoms. The summed E-state index contributed by atoms with van der Waals surface area (Å²) in [7, 11) is -0.132. The number of hydrogen-bond donors (Lipinski definition) is 1. The second-order valence-electron chi connectivity index (χ2n) is 6.09. The van der Waals surface area contributed by atoms with E-state index in [2.05, 4.69) is 15.5 Å². The molecule has 0 saturated carbocycles.